The summed E-state index contributed by atoms with van der Waals surface area (Å²) in [5.41, 5.74) is 2.92. The molecule has 2 aromatic rings. The van der Waals surface area contributed by atoms with Crippen LogP contribution in [0.4, 0.5) is 0 Å². The molecule has 0 unspecified atom stereocenters. The number of aliphatic hydroxyl groups excluding tert-OH is 2. The topological polar surface area (TPSA) is 40.5 Å². The molecule has 2 saturated carbocycles. The highest BCUT2D eigenvalue weighted by molar-refractivity contribution is 5.25. The minimum absolute atomic E-state index is 0.156. The Morgan fingerprint density at radius 2 is 1.08 bits per heavy atom. The van der Waals surface area contributed by atoms with Crippen molar-refractivity contribution >= 4 is 0 Å². The van der Waals surface area contributed by atoms with Gasteiger partial charge in [0.05, 0.1) is 0 Å². The van der Waals surface area contributed by atoms with Gasteiger partial charge < -0.3 is 10.2 Å². The predicted molar refractivity (Wildman–Crippen MR) is 100 cm³/mol. The maximum atomic E-state index is 10.0. The van der Waals surface area contributed by atoms with Crippen molar-refractivity contribution in [3.63, 3.8) is 0 Å². The first-order chi connectivity index (χ1) is 12.3. The van der Waals surface area contributed by atoms with E-state index in [-0.39, 0.29) is 30.5 Å². The van der Waals surface area contributed by atoms with Crippen molar-refractivity contribution in [2.24, 2.45) is 29.1 Å². The Balaban J connectivity index is 1.74. The first-order valence-corrected chi connectivity index (χ1v) is 9.58. The van der Waals surface area contributed by atoms with Crippen LogP contribution in [-0.4, -0.2) is 23.4 Å². The van der Waals surface area contributed by atoms with Gasteiger partial charge in [0, 0.05) is 13.2 Å². The molecule has 2 aliphatic rings. The molecule has 0 saturated heterocycles. The van der Waals surface area contributed by atoms with Gasteiger partial charge in [-0.2, -0.15) is 0 Å². The molecular formula is C23H28O2. The lowest BCUT2D eigenvalue weighted by Crippen LogP contribution is -2.33. The molecule has 132 valence electrons. The van der Waals surface area contributed by atoms with Crippen molar-refractivity contribution in [3.05, 3.63) is 71.8 Å². The fourth-order valence-corrected chi connectivity index (χ4v) is 6.15. The average Bonchev–Trinajstić information content (AvgIpc) is 3.11. The molecule has 25 heavy (non-hydrogen) atoms. The highest BCUT2D eigenvalue weighted by atomic mass is 16.3. The van der Waals surface area contributed by atoms with Crippen LogP contribution in [0, 0.1) is 29.1 Å². The normalized spacial score (nSPS) is 29.8. The zero-order chi connectivity index (χ0) is 17.3. The van der Waals surface area contributed by atoms with Crippen LogP contribution in [0.1, 0.15) is 24.0 Å². The van der Waals surface area contributed by atoms with Crippen molar-refractivity contribution in [3.8, 4) is 0 Å². The molecule has 0 radical (unpaired) electrons. The Morgan fingerprint density at radius 1 is 0.680 bits per heavy atom. The second kappa shape index (κ2) is 6.93. The molecular weight excluding hydrogens is 308 g/mol. The maximum absolute atomic E-state index is 10.0. The third-order valence-electron chi connectivity index (χ3n) is 7.02. The van der Waals surface area contributed by atoms with Crippen LogP contribution in [0.15, 0.2) is 60.7 Å². The Labute approximate surface area is 150 Å². The van der Waals surface area contributed by atoms with Crippen LogP contribution >= 0.6 is 0 Å². The van der Waals surface area contributed by atoms with E-state index in [1.807, 2.05) is 0 Å². The van der Waals surface area contributed by atoms with Crippen molar-refractivity contribution in [1.29, 1.82) is 0 Å². The average molecular weight is 336 g/mol. The zero-order valence-electron chi connectivity index (χ0n) is 14.7. The Bertz CT molecular complexity index is 620. The number of hydrogen-bond acceptors (Lipinski definition) is 2. The predicted octanol–water partition coefficient (Wildman–Crippen LogP) is 3.72. The highest BCUT2D eigenvalue weighted by Crippen LogP contribution is 2.65. The van der Waals surface area contributed by atoms with Gasteiger partial charge >= 0.3 is 0 Å². The van der Waals surface area contributed by atoms with Crippen LogP contribution in [0.5, 0.6) is 0 Å². The van der Waals surface area contributed by atoms with Gasteiger partial charge in [-0.1, -0.05) is 60.7 Å². The third kappa shape index (κ3) is 2.82. The lowest BCUT2D eigenvalue weighted by molar-refractivity contribution is 0.0791. The van der Waals surface area contributed by atoms with Gasteiger partial charge in [-0.15, -0.1) is 0 Å². The van der Waals surface area contributed by atoms with Crippen molar-refractivity contribution in [1.82, 2.24) is 0 Å². The maximum Gasteiger partial charge on any atom is 0.0465 e. The first-order valence-electron chi connectivity index (χ1n) is 9.58. The summed E-state index contributed by atoms with van der Waals surface area (Å²) < 4.78 is 0. The Hall–Kier alpha value is -1.64. The monoisotopic (exact) mass is 336 g/mol. The summed E-state index contributed by atoms with van der Waals surface area (Å²) in [6.07, 6.45) is 4.47. The van der Waals surface area contributed by atoms with Crippen LogP contribution < -0.4 is 0 Å². The van der Waals surface area contributed by atoms with Gasteiger partial charge in [0.1, 0.15) is 0 Å². The Kier molecular flexibility index (Phi) is 4.66. The Morgan fingerprint density at radius 3 is 1.44 bits per heavy atom. The molecule has 0 heterocycles. The quantitative estimate of drug-likeness (QED) is 0.844. The lowest BCUT2D eigenvalue weighted by atomic mass is 9.68. The summed E-state index contributed by atoms with van der Waals surface area (Å²) in [7, 11) is 0. The molecule has 0 amide bonds. The summed E-state index contributed by atoms with van der Waals surface area (Å²) in [6.45, 7) is 0.412. The third-order valence-corrected chi connectivity index (χ3v) is 7.02. The smallest absolute Gasteiger partial charge is 0.0465 e. The lowest BCUT2D eigenvalue weighted by Gasteiger charge is -2.36. The first kappa shape index (κ1) is 16.8. The molecule has 2 nitrogen and oxygen atoms in total. The molecule has 0 aromatic heterocycles. The van der Waals surface area contributed by atoms with Crippen LogP contribution in [0.2, 0.25) is 0 Å². The number of rotatable bonds is 6. The molecule has 2 aliphatic carbocycles. The van der Waals surface area contributed by atoms with E-state index in [1.165, 1.54) is 24.0 Å². The molecule has 0 spiro atoms. The molecule has 2 heteroatoms. The molecule has 4 atom stereocenters. The summed E-state index contributed by atoms with van der Waals surface area (Å²) in [6, 6.07) is 21.5. The van der Waals surface area contributed by atoms with Crippen LogP contribution in [-0.2, 0) is 12.8 Å². The molecule has 0 aliphatic heterocycles. The minimum Gasteiger partial charge on any atom is -0.396 e. The minimum atomic E-state index is 0.156. The number of benzene rings is 2. The summed E-state index contributed by atoms with van der Waals surface area (Å²) in [5.74, 6) is 1.49. The van der Waals surface area contributed by atoms with E-state index in [9.17, 15) is 10.2 Å². The SMILES string of the molecule is OC[C@@H]1[C@H](CO)[C@@H]2CC[C@@H]1C2(Cc1ccccc1)Cc1ccccc1. The summed E-state index contributed by atoms with van der Waals surface area (Å²) >= 11 is 0. The van der Waals surface area contributed by atoms with E-state index in [2.05, 4.69) is 60.7 Å². The summed E-state index contributed by atoms with van der Waals surface area (Å²) in [4.78, 5) is 0. The van der Waals surface area contributed by atoms with E-state index >= 15 is 0 Å². The van der Waals surface area contributed by atoms with Gasteiger partial charge in [0.2, 0.25) is 0 Å². The molecule has 2 N–H and O–H groups in total. The van der Waals surface area contributed by atoms with Gasteiger partial charge in [0.15, 0.2) is 0 Å². The number of aliphatic hydroxyl groups is 2. The van der Waals surface area contributed by atoms with Crippen LogP contribution in [0.25, 0.3) is 0 Å². The van der Waals surface area contributed by atoms with E-state index in [0.717, 1.165) is 12.8 Å². The van der Waals surface area contributed by atoms with Gasteiger partial charge in [-0.25, -0.2) is 0 Å². The number of hydrogen-bond donors (Lipinski definition) is 2. The van der Waals surface area contributed by atoms with E-state index in [1.54, 1.807) is 0 Å². The van der Waals surface area contributed by atoms with Crippen molar-refractivity contribution in [2.75, 3.05) is 13.2 Å². The standard InChI is InChI=1S/C23H28O2/c24-15-19-20(16-25)22-12-11-21(19)23(22,13-17-7-3-1-4-8-17)14-18-9-5-2-6-10-18/h1-10,19-22,24-25H,11-16H2/t19-,20+,21-,22-/m0/s1. The van der Waals surface area contributed by atoms with Gasteiger partial charge in [0.25, 0.3) is 0 Å². The molecule has 2 aromatic carbocycles. The fraction of sp³-hybridized carbons (Fsp3) is 0.478. The highest BCUT2D eigenvalue weighted by Gasteiger charge is 2.62. The zero-order valence-corrected chi connectivity index (χ0v) is 14.7. The summed E-state index contributed by atoms with van der Waals surface area (Å²) in [5, 5.41) is 20.1. The second-order valence-corrected chi connectivity index (χ2v) is 8.04. The van der Waals surface area contributed by atoms with Crippen molar-refractivity contribution in [2.45, 2.75) is 25.7 Å². The van der Waals surface area contributed by atoms with E-state index in [0.29, 0.717) is 11.8 Å². The molecule has 2 fully saturated rings. The van der Waals surface area contributed by atoms with Crippen LogP contribution in [0.3, 0.4) is 0 Å². The van der Waals surface area contributed by atoms with Crippen molar-refractivity contribution < 1.29 is 10.2 Å². The van der Waals surface area contributed by atoms with E-state index < -0.39 is 0 Å². The number of fused-ring (bicyclic) bond motifs is 2. The fourth-order valence-electron chi connectivity index (χ4n) is 6.15. The van der Waals surface area contributed by atoms with Gasteiger partial charge in [-0.05, 0) is 65.9 Å². The van der Waals surface area contributed by atoms with Gasteiger partial charge in [-0.3, -0.25) is 0 Å². The largest absolute Gasteiger partial charge is 0.396 e. The molecule has 4 rings (SSSR count). The second-order valence-electron chi connectivity index (χ2n) is 8.04. The molecule has 2 bridgehead atoms. The van der Waals surface area contributed by atoms with E-state index in [4.69, 9.17) is 0 Å².